The van der Waals surface area contributed by atoms with Crippen molar-refractivity contribution in [2.45, 2.75) is 19.4 Å². The first-order valence-electron chi connectivity index (χ1n) is 9.63. The normalized spacial score (nSPS) is 17.6. The van der Waals surface area contributed by atoms with E-state index in [1.165, 1.54) is 17.8 Å². The molecule has 1 fully saturated rings. The lowest BCUT2D eigenvalue weighted by molar-refractivity contribution is 0.226. The van der Waals surface area contributed by atoms with E-state index in [0.29, 0.717) is 29.5 Å². The lowest BCUT2D eigenvalue weighted by Gasteiger charge is -2.41. The van der Waals surface area contributed by atoms with Crippen molar-refractivity contribution in [1.29, 1.82) is 0 Å². The molecule has 5 nitrogen and oxygen atoms in total. The molecular weight excluding hydrogens is 395 g/mol. The fourth-order valence-electron chi connectivity index (χ4n) is 3.81. The van der Waals surface area contributed by atoms with Crippen LogP contribution < -0.4 is 10.7 Å². The number of rotatable bonds is 5. The molecule has 152 valence electrons. The molecule has 7 heteroatoms. The van der Waals surface area contributed by atoms with Crippen LogP contribution >= 0.6 is 11.6 Å². The third-order valence-electron chi connectivity index (χ3n) is 5.28. The first-order valence-corrected chi connectivity index (χ1v) is 10.0. The van der Waals surface area contributed by atoms with Gasteiger partial charge in [-0.15, -0.1) is 0 Å². The van der Waals surface area contributed by atoms with E-state index < -0.39 is 5.82 Å². The average Bonchev–Trinajstić information content (AvgIpc) is 3.08. The van der Waals surface area contributed by atoms with Crippen LogP contribution in [0.1, 0.15) is 12.7 Å². The van der Waals surface area contributed by atoms with Crippen molar-refractivity contribution in [2.24, 2.45) is 0 Å². The van der Waals surface area contributed by atoms with E-state index in [1.54, 1.807) is 12.1 Å². The maximum atomic E-state index is 13.2. The number of piperazine rings is 1. The van der Waals surface area contributed by atoms with Crippen LogP contribution in [0, 0.1) is 5.82 Å². The molecule has 3 aromatic rings. The second-order valence-corrected chi connectivity index (χ2v) is 7.72. The molecule has 1 aromatic heterocycles. The van der Waals surface area contributed by atoms with Crippen LogP contribution in [-0.2, 0) is 6.42 Å². The molecule has 0 bridgehead atoms. The number of nitrogens with zero attached hydrogens (tertiary/aromatic N) is 2. The minimum atomic E-state index is -0.736. The van der Waals surface area contributed by atoms with E-state index in [0.717, 1.165) is 31.2 Å². The first kappa shape index (κ1) is 19.7. The van der Waals surface area contributed by atoms with Gasteiger partial charge in [0, 0.05) is 54.9 Å². The van der Waals surface area contributed by atoms with E-state index in [9.17, 15) is 9.18 Å². The first-order chi connectivity index (χ1) is 14.0. The molecule has 2 heterocycles. The van der Waals surface area contributed by atoms with Crippen molar-refractivity contribution in [2.75, 3.05) is 31.1 Å². The Morgan fingerprint density at radius 1 is 1.07 bits per heavy atom. The Morgan fingerprint density at radius 3 is 2.48 bits per heavy atom. The van der Waals surface area contributed by atoms with Gasteiger partial charge in [-0.2, -0.15) is 0 Å². The van der Waals surface area contributed by atoms with Gasteiger partial charge in [0.1, 0.15) is 5.82 Å². The van der Waals surface area contributed by atoms with Gasteiger partial charge < -0.3 is 13.7 Å². The number of anilines is 1. The summed E-state index contributed by atoms with van der Waals surface area (Å²) in [7, 11) is 0. The molecule has 1 saturated heterocycles. The minimum Gasteiger partial charge on any atom is -0.395 e. The molecule has 0 aliphatic carbocycles. The molecule has 2 aromatic carbocycles. The summed E-state index contributed by atoms with van der Waals surface area (Å²) in [6, 6.07) is 14.1. The van der Waals surface area contributed by atoms with Gasteiger partial charge in [-0.25, -0.2) is 9.18 Å². The summed E-state index contributed by atoms with van der Waals surface area (Å²) in [5, 5.41) is 0.735. The third-order valence-corrected chi connectivity index (χ3v) is 5.53. The highest BCUT2D eigenvalue weighted by Crippen LogP contribution is 2.25. The summed E-state index contributed by atoms with van der Waals surface area (Å²) in [6.07, 6.45) is 0.548. The van der Waals surface area contributed by atoms with Gasteiger partial charge >= 0.3 is 5.82 Å². The Labute approximate surface area is 173 Å². The molecule has 1 aliphatic rings. The SMILES string of the molecule is CC1CN(CCc2oc(=O)oc2-c2ccc(F)cc2)CCN1c1ccc(Cl)cc1. The second-order valence-electron chi connectivity index (χ2n) is 7.28. The Hall–Kier alpha value is -2.57. The van der Waals surface area contributed by atoms with Crippen molar-refractivity contribution in [3.8, 4) is 11.3 Å². The van der Waals surface area contributed by atoms with Crippen molar-refractivity contribution in [3.05, 3.63) is 75.7 Å². The molecule has 1 atom stereocenters. The molecule has 0 saturated carbocycles. The van der Waals surface area contributed by atoms with Crippen LogP contribution in [0.25, 0.3) is 11.3 Å². The zero-order valence-electron chi connectivity index (χ0n) is 16.1. The van der Waals surface area contributed by atoms with E-state index in [1.807, 2.05) is 24.3 Å². The molecule has 4 rings (SSSR count). The number of benzene rings is 2. The number of halogens is 2. The molecule has 0 spiro atoms. The van der Waals surface area contributed by atoms with Crippen molar-refractivity contribution >= 4 is 17.3 Å². The summed E-state index contributed by atoms with van der Waals surface area (Å²) in [6.45, 7) is 5.65. The summed E-state index contributed by atoms with van der Waals surface area (Å²) in [4.78, 5) is 16.4. The van der Waals surface area contributed by atoms with Gasteiger partial charge in [0.05, 0.1) is 0 Å². The lowest BCUT2D eigenvalue weighted by Crippen LogP contribution is -2.52. The number of hydrogen-bond donors (Lipinski definition) is 0. The van der Waals surface area contributed by atoms with Crippen molar-refractivity contribution in [1.82, 2.24) is 4.90 Å². The quantitative estimate of drug-likeness (QED) is 0.615. The Kier molecular flexibility index (Phi) is 5.74. The summed E-state index contributed by atoms with van der Waals surface area (Å²) >= 11 is 5.99. The average molecular weight is 417 g/mol. The van der Waals surface area contributed by atoms with E-state index in [-0.39, 0.29) is 5.82 Å². The molecule has 0 N–H and O–H groups in total. The fraction of sp³-hybridized carbons (Fsp3) is 0.318. The predicted molar refractivity (Wildman–Crippen MR) is 111 cm³/mol. The predicted octanol–water partition coefficient (Wildman–Crippen LogP) is 4.45. The van der Waals surface area contributed by atoms with E-state index in [4.69, 9.17) is 20.4 Å². The fourth-order valence-corrected chi connectivity index (χ4v) is 3.93. The molecule has 1 unspecified atom stereocenters. The zero-order chi connectivity index (χ0) is 20.4. The van der Waals surface area contributed by atoms with Gasteiger partial charge in [-0.3, -0.25) is 4.90 Å². The highest BCUT2D eigenvalue weighted by atomic mass is 35.5. The molecule has 0 amide bonds. The van der Waals surface area contributed by atoms with Crippen LogP contribution in [0.3, 0.4) is 0 Å². The molecule has 0 radical (unpaired) electrons. The molecule has 29 heavy (non-hydrogen) atoms. The van der Waals surface area contributed by atoms with Crippen LogP contribution in [0.2, 0.25) is 5.02 Å². The molecular formula is C22H22ClFN2O3. The third kappa shape index (κ3) is 4.54. The largest absolute Gasteiger partial charge is 0.519 e. The standard InChI is InChI=1S/C22H22ClFN2O3/c1-15-14-25(12-13-26(15)19-8-4-17(23)5-9-19)11-10-20-21(29-22(27)28-20)16-2-6-18(24)7-3-16/h2-9,15H,10-14H2,1H3. The maximum Gasteiger partial charge on any atom is 0.519 e. The minimum absolute atomic E-state index is 0.339. The zero-order valence-corrected chi connectivity index (χ0v) is 16.9. The van der Waals surface area contributed by atoms with Crippen molar-refractivity contribution < 1.29 is 13.2 Å². The van der Waals surface area contributed by atoms with Gasteiger partial charge in [0.25, 0.3) is 0 Å². The highest BCUT2D eigenvalue weighted by molar-refractivity contribution is 6.30. The van der Waals surface area contributed by atoms with Gasteiger partial charge in [0.2, 0.25) is 0 Å². The second kappa shape index (κ2) is 8.43. The van der Waals surface area contributed by atoms with Gasteiger partial charge in [-0.1, -0.05) is 11.6 Å². The van der Waals surface area contributed by atoms with Gasteiger partial charge in [-0.05, 0) is 55.5 Å². The monoisotopic (exact) mass is 416 g/mol. The van der Waals surface area contributed by atoms with Crippen LogP contribution in [-0.4, -0.2) is 37.1 Å². The molecule has 1 aliphatic heterocycles. The van der Waals surface area contributed by atoms with Crippen LogP contribution in [0.5, 0.6) is 0 Å². The van der Waals surface area contributed by atoms with Crippen LogP contribution in [0.4, 0.5) is 10.1 Å². The summed E-state index contributed by atoms with van der Waals surface area (Å²) in [5.41, 5.74) is 1.80. The smallest absolute Gasteiger partial charge is 0.395 e. The summed E-state index contributed by atoms with van der Waals surface area (Å²) in [5.74, 6) is -0.203. The van der Waals surface area contributed by atoms with Gasteiger partial charge in [0.15, 0.2) is 11.5 Å². The topological polar surface area (TPSA) is 49.8 Å². The van der Waals surface area contributed by atoms with E-state index >= 15 is 0 Å². The highest BCUT2D eigenvalue weighted by Gasteiger charge is 2.25. The van der Waals surface area contributed by atoms with Crippen molar-refractivity contribution in [3.63, 3.8) is 0 Å². The Bertz CT molecular complexity index is 1010. The maximum absolute atomic E-state index is 13.2. The van der Waals surface area contributed by atoms with Crippen LogP contribution in [0.15, 0.2) is 62.2 Å². The van der Waals surface area contributed by atoms with E-state index in [2.05, 4.69) is 16.7 Å². The summed E-state index contributed by atoms with van der Waals surface area (Å²) < 4.78 is 23.6. The number of hydrogen-bond acceptors (Lipinski definition) is 5. The lowest BCUT2D eigenvalue weighted by atomic mass is 10.1. The Morgan fingerprint density at radius 2 is 1.79 bits per heavy atom. The Balaban J connectivity index is 1.40.